The Kier molecular flexibility index (Phi) is 3.58. The van der Waals surface area contributed by atoms with E-state index < -0.39 is 36.3 Å². The summed E-state index contributed by atoms with van der Waals surface area (Å²) in [7, 11) is -8.50. The molecule has 11 heteroatoms. The van der Waals surface area contributed by atoms with Crippen molar-refractivity contribution in [1.82, 2.24) is 0 Å². The van der Waals surface area contributed by atoms with E-state index in [0.717, 1.165) is 6.07 Å². The Labute approximate surface area is 121 Å². The number of hydrogen-bond donors (Lipinski definition) is 0. The van der Waals surface area contributed by atoms with Crippen LogP contribution < -0.4 is 8.45 Å². The van der Waals surface area contributed by atoms with Crippen LogP contribution in [0, 0.1) is 10.1 Å². The molecule has 116 valence electrons. The van der Waals surface area contributed by atoms with E-state index in [1.807, 2.05) is 0 Å². The molecule has 0 saturated carbocycles. The number of nitro groups is 1. The normalized spacial score (nSPS) is 14.4. The van der Waals surface area contributed by atoms with Crippen LogP contribution >= 0.6 is 0 Å². The maximum atomic E-state index is 11.7. The summed E-state index contributed by atoms with van der Waals surface area (Å²) in [6.45, 7) is 0.299. The first-order valence-corrected chi connectivity index (χ1v) is 9.36. The number of rotatable bonds is 4. The van der Waals surface area contributed by atoms with Gasteiger partial charge in [0.2, 0.25) is 20.0 Å². The summed E-state index contributed by atoms with van der Waals surface area (Å²) >= 11 is 0. The monoisotopic (exact) mass is 336 g/mol. The molecular weight excluding hydrogens is 324 g/mol. The second kappa shape index (κ2) is 4.84. The fraction of sp³-hybridized carbons (Fsp3) is 0.400. The highest BCUT2D eigenvalue weighted by Gasteiger charge is 2.35. The van der Waals surface area contributed by atoms with Crippen LogP contribution in [0.4, 0.5) is 11.4 Å². The smallest absolute Gasteiger partial charge is 0.298 e. The van der Waals surface area contributed by atoms with Gasteiger partial charge in [0.1, 0.15) is 11.4 Å². The number of sulfonamides is 2. The lowest BCUT2D eigenvalue weighted by atomic mass is 10.1. The van der Waals surface area contributed by atoms with Gasteiger partial charge in [0, 0.05) is 12.0 Å². The molecule has 21 heavy (non-hydrogen) atoms. The molecule has 0 amide bonds. The van der Waals surface area contributed by atoms with Crippen LogP contribution in [0.15, 0.2) is 12.1 Å². The quantitative estimate of drug-likeness (QED) is 0.570. The van der Waals surface area contributed by atoms with Crippen molar-refractivity contribution in [1.29, 1.82) is 0 Å². The molecule has 2 rings (SSSR count). The fourth-order valence-electron chi connectivity index (χ4n) is 2.10. The molecular formula is C10H12N2O7S2. The van der Waals surface area contributed by atoms with Crippen LogP contribution in [0.25, 0.3) is 0 Å². The van der Waals surface area contributed by atoms with E-state index in [4.69, 9.17) is 4.74 Å². The average Bonchev–Trinajstić information content (AvgIpc) is 2.70. The summed E-state index contributed by atoms with van der Waals surface area (Å²) in [6.07, 6.45) is 1.75. The molecule has 1 aromatic carbocycles. The van der Waals surface area contributed by atoms with Crippen molar-refractivity contribution in [3.63, 3.8) is 0 Å². The molecule has 0 aliphatic carbocycles. The van der Waals surface area contributed by atoms with Crippen molar-refractivity contribution in [2.45, 2.75) is 6.42 Å². The number of nitro benzene ring substituents is 1. The summed E-state index contributed by atoms with van der Waals surface area (Å²) < 4.78 is 52.2. The van der Waals surface area contributed by atoms with Crippen molar-refractivity contribution in [3.8, 4) is 5.75 Å². The average molecular weight is 336 g/mol. The maximum absolute atomic E-state index is 11.7. The van der Waals surface area contributed by atoms with Gasteiger partial charge in [0.25, 0.3) is 5.69 Å². The predicted molar refractivity (Wildman–Crippen MR) is 74.5 cm³/mol. The van der Waals surface area contributed by atoms with Crippen molar-refractivity contribution in [2.75, 3.05) is 22.8 Å². The maximum Gasteiger partial charge on any atom is 0.298 e. The van der Waals surface area contributed by atoms with E-state index in [-0.39, 0.29) is 9.46 Å². The lowest BCUT2D eigenvalue weighted by molar-refractivity contribution is -0.384. The van der Waals surface area contributed by atoms with Crippen LogP contribution in [0.5, 0.6) is 5.75 Å². The largest absolute Gasteiger partial charge is 0.493 e. The molecule has 1 aliphatic rings. The summed E-state index contributed by atoms with van der Waals surface area (Å²) in [5.41, 5.74) is -0.631. The van der Waals surface area contributed by atoms with Gasteiger partial charge in [-0.1, -0.05) is 0 Å². The van der Waals surface area contributed by atoms with E-state index in [9.17, 15) is 26.9 Å². The van der Waals surface area contributed by atoms with Crippen LogP contribution in [0.3, 0.4) is 0 Å². The molecule has 0 radical (unpaired) electrons. The Balaban J connectivity index is 2.80. The summed E-state index contributed by atoms with van der Waals surface area (Å²) in [4.78, 5) is 10.3. The zero-order chi connectivity index (χ0) is 16.0. The van der Waals surface area contributed by atoms with Crippen LogP contribution in [0.1, 0.15) is 5.56 Å². The van der Waals surface area contributed by atoms with Crippen LogP contribution in [-0.2, 0) is 26.5 Å². The summed E-state index contributed by atoms with van der Waals surface area (Å²) in [5.74, 6) is 0.257. The van der Waals surface area contributed by atoms with Crippen LogP contribution in [-0.4, -0.2) is 40.9 Å². The number of benzene rings is 1. The standard InChI is InChI=1S/C10H12N2O7S2/c1-20(15,16)12(21(2,17)18)9-5-7-3-4-19-10(7)6-8(9)11(13)14/h5-6H,3-4H2,1-2H3. The number of anilines is 1. The number of nitrogens with zero attached hydrogens (tertiary/aromatic N) is 2. The SMILES string of the molecule is CS(=O)(=O)N(c1cc2c(cc1[N+](=O)[O-])OCC2)S(C)(=O)=O. The lowest BCUT2D eigenvalue weighted by Gasteiger charge is -2.20. The van der Waals surface area contributed by atoms with E-state index in [1.165, 1.54) is 6.07 Å². The minimum absolute atomic E-state index is 0.0662. The lowest BCUT2D eigenvalue weighted by Crippen LogP contribution is -2.35. The second-order valence-electron chi connectivity index (χ2n) is 4.53. The zero-order valence-corrected chi connectivity index (χ0v) is 12.8. The first-order chi connectivity index (χ1) is 9.51. The summed E-state index contributed by atoms with van der Waals surface area (Å²) in [5, 5.41) is 11.1. The highest BCUT2D eigenvalue weighted by Crippen LogP contribution is 2.39. The number of hydrogen-bond acceptors (Lipinski definition) is 7. The minimum Gasteiger partial charge on any atom is -0.493 e. The fourth-order valence-corrected chi connectivity index (χ4v) is 5.07. The molecule has 0 saturated heterocycles. The molecule has 1 aliphatic heterocycles. The molecule has 9 nitrogen and oxygen atoms in total. The highest BCUT2D eigenvalue weighted by molar-refractivity contribution is 8.09. The third-order valence-electron chi connectivity index (χ3n) is 2.78. The Morgan fingerprint density at radius 2 is 1.76 bits per heavy atom. The zero-order valence-electron chi connectivity index (χ0n) is 11.1. The molecule has 0 fully saturated rings. The Morgan fingerprint density at radius 1 is 1.19 bits per heavy atom. The molecule has 0 bridgehead atoms. The van der Waals surface area contributed by atoms with Crippen molar-refractivity contribution >= 4 is 31.4 Å². The third kappa shape index (κ3) is 2.93. The van der Waals surface area contributed by atoms with Gasteiger partial charge >= 0.3 is 0 Å². The van der Waals surface area contributed by atoms with Crippen molar-refractivity contribution in [3.05, 3.63) is 27.8 Å². The van der Waals surface area contributed by atoms with Gasteiger partial charge in [-0.05, 0) is 6.07 Å². The predicted octanol–water partition coefficient (Wildman–Crippen LogP) is 0.255. The van der Waals surface area contributed by atoms with Gasteiger partial charge in [-0.25, -0.2) is 16.8 Å². The third-order valence-corrected chi connectivity index (χ3v) is 6.01. The topological polar surface area (TPSA) is 124 Å². The van der Waals surface area contributed by atoms with E-state index in [2.05, 4.69) is 0 Å². The van der Waals surface area contributed by atoms with E-state index in [1.54, 1.807) is 0 Å². The Morgan fingerprint density at radius 3 is 2.24 bits per heavy atom. The Bertz CT molecular complexity index is 782. The Hall–Kier alpha value is -1.88. The number of ether oxygens (including phenoxy) is 1. The van der Waals surface area contributed by atoms with Gasteiger partial charge in [-0.3, -0.25) is 10.1 Å². The first kappa shape index (κ1) is 15.5. The molecule has 1 aromatic rings. The van der Waals surface area contributed by atoms with E-state index >= 15 is 0 Å². The molecule has 0 atom stereocenters. The van der Waals surface area contributed by atoms with Gasteiger partial charge < -0.3 is 4.74 Å². The number of fused-ring (bicyclic) bond motifs is 1. The van der Waals surface area contributed by atoms with Gasteiger partial charge in [0.15, 0.2) is 0 Å². The molecule has 0 unspecified atom stereocenters. The molecule has 0 aromatic heterocycles. The molecule has 1 heterocycles. The second-order valence-corrected chi connectivity index (χ2v) is 8.42. The van der Waals surface area contributed by atoms with Gasteiger partial charge in [-0.2, -0.15) is 3.71 Å². The minimum atomic E-state index is -4.25. The molecule has 0 spiro atoms. The molecule has 0 N–H and O–H groups in total. The highest BCUT2D eigenvalue weighted by atomic mass is 32.3. The van der Waals surface area contributed by atoms with Crippen molar-refractivity contribution in [2.24, 2.45) is 0 Å². The summed E-state index contributed by atoms with van der Waals surface area (Å²) in [6, 6.07) is 2.21. The van der Waals surface area contributed by atoms with Crippen LogP contribution in [0.2, 0.25) is 0 Å². The van der Waals surface area contributed by atoms with Gasteiger partial charge in [0.05, 0.1) is 30.1 Å². The van der Waals surface area contributed by atoms with Crippen molar-refractivity contribution < 1.29 is 26.5 Å². The van der Waals surface area contributed by atoms with E-state index in [0.29, 0.717) is 31.1 Å². The van der Waals surface area contributed by atoms with Gasteiger partial charge in [-0.15, -0.1) is 0 Å². The first-order valence-electron chi connectivity index (χ1n) is 5.66.